The third-order valence-corrected chi connectivity index (χ3v) is 2.01. The van der Waals surface area contributed by atoms with Crippen molar-refractivity contribution in [3.8, 4) is 5.75 Å². The maximum atomic E-state index is 10.9. The molecular formula is C10H13BO6. The predicted octanol–water partition coefficient (Wildman–Crippen LogP) is 0.0490. The second kappa shape index (κ2) is 6.24. The number of carboxylic acids is 1. The van der Waals surface area contributed by atoms with Gasteiger partial charge in [-0.3, -0.25) is 9.69 Å². The van der Waals surface area contributed by atoms with Crippen LogP contribution in [0.3, 0.4) is 0 Å². The fourth-order valence-electron chi connectivity index (χ4n) is 1.29. The molecule has 0 saturated carbocycles. The topological polar surface area (TPSA) is 85.2 Å². The predicted molar refractivity (Wildman–Crippen MR) is 60.3 cm³/mol. The average Bonchev–Trinajstić information content (AvgIpc) is 2.29. The quantitative estimate of drug-likeness (QED) is 0.415. The molecule has 7 heteroatoms. The highest BCUT2D eigenvalue weighted by Gasteiger charge is 2.21. The first-order chi connectivity index (χ1) is 8.10. The number of carboxylic acid groups (broad SMARTS) is 1. The van der Waals surface area contributed by atoms with Crippen molar-refractivity contribution >= 4 is 18.6 Å². The Kier molecular flexibility index (Phi) is 4.95. The van der Waals surface area contributed by atoms with Gasteiger partial charge in [-0.2, -0.15) is 0 Å². The lowest BCUT2D eigenvalue weighted by molar-refractivity contribution is -0.193. The Labute approximate surface area is 98.8 Å². The molecule has 17 heavy (non-hydrogen) atoms. The molecule has 0 spiro atoms. The third kappa shape index (κ3) is 3.45. The molecule has 92 valence electrons. The van der Waals surface area contributed by atoms with Crippen LogP contribution in [0.1, 0.15) is 17.3 Å². The van der Waals surface area contributed by atoms with E-state index in [4.69, 9.17) is 9.84 Å². The Balaban J connectivity index is 3.04. The zero-order valence-electron chi connectivity index (χ0n) is 9.54. The molecule has 0 aliphatic carbocycles. The van der Waals surface area contributed by atoms with Gasteiger partial charge in [-0.15, -0.1) is 0 Å². The molecule has 0 aliphatic heterocycles. The highest BCUT2D eigenvalue weighted by Crippen LogP contribution is 2.17. The van der Waals surface area contributed by atoms with Crippen molar-refractivity contribution in [3.63, 3.8) is 0 Å². The first kappa shape index (κ1) is 13.5. The van der Waals surface area contributed by atoms with Gasteiger partial charge >= 0.3 is 13.1 Å². The van der Waals surface area contributed by atoms with E-state index in [0.717, 1.165) is 0 Å². The van der Waals surface area contributed by atoms with E-state index < -0.39 is 13.1 Å². The van der Waals surface area contributed by atoms with Crippen molar-refractivity contribution in [2.24, 2.45) is 0 Å². The van der Waals surface area contributed by atoms with E-state index in [9.17, 15) is 9.82 Å². The Morgan fingerprint density at radius 1 is 1.47 bits per heavy atom. The highest BCUT2D eigenvalue weighted by atomic mass is 17.2. The summed E-state index contributed by atoms with van der Waals surface area (Å²) in [6.45, 7) is 2.06. The first-order valence-electron chi connectivity index (χ1n) is 4.97. The molecule has 0 atom stereocenters. The lowest BCUT2D eigenvalue weighted by atomic mass is 9.79. The fraction of sp³-hybridized carbons (Fsp3) is 0.300. The van der Waals surface area contributed by atoms with Crippen LogP contribution in [-0.4, -0.2) is 36.9 Å². The van der Waals surface area contributed by atoms with Crippen molar-refractivity contribution in [1.29, 1.82) is 0 Å². The fourth-order valence-corrected chi connectivity index (χ4v) is 1.29. The van der Waals surface area contributed by atoms with E-state index in [-0.39, 0.29) is 11.3 Å². The monoisotopic (exact) mass is 240 g/mol. The summed E-state index contributed by atoms with van der Waals surface area (Å²) in [5.41, 5.74) is 0.375. The van der Waals surface area contributed by atoms with Crippen LogP contribution in [0.25, 0.3) is 0 Å². The number of carbonyl (C=O) groups is 1. The molecule has 0 fully saturated rings. The van der Waals surface area contributed by atoms with Gasteiger partial charge in [0.1, 0.15) is 11.3 Å². The minimum Gasteiger partial charge on any atom is -0.493 e. The van der Waals surface area contributed by atoms with Gasteiger partial charge in [-0.1, -0.05) is 6.07 Å². The molecule has 0 unspecified atom stereocenters. The standard InChI is InChI=1S/C10H13BO6/c1-3-16-9-6-7(11(14)17-15-2)4-5-8(9)10(12)13/h4-6,14H,3H2,1-2H3,(H,12,13). The largest absolute Gasteiger partial charge is 0.523 e. The number of hydrogen-bond donors (Lipinski definition) is 2. The molecule has 0 bridgehead atoms. The van der Waals surface area contributed by atoms with Gasteiger partial charge in [-0.05, 0) is 24.5 Å². The van der Waals surface area contributed by atoms with E-state index in [1.807, 2.05) is 0 Å². The molecule has 1 rings (SSSR count). The summed E-state index contributed by atoms with van der Waals surface area (Å²) < 4.78 is 5.18. The van der Waals surface area contributed by atoms with E-state index in [1.54, 1.807) is 6.92 Å². The molecule has 0 heterocycles. The van der Waals surface area contributed by atoms with Crippen LogP contribution in [0.15, 0.2) is 18.2 Å². The minimum absolute atomic E-state index is 0.0280. The lowest BCUT2D eigenvalue weighted by Crippen LogP contribution is -2.33. The number of rotatable bonds is 6. The number of benzene rings is 1. The van der Waals surface area contributed by atoms with Crippen LogP contribution in [0.2, 0.25) is 0 Å². The summed E-state index contributed by atoms with van der Waals surface area (Å²) in [5.74, 6) is -0.918. The molecule has 1 aromatic carbocycles. The van der Waals surface area contributed by atoms with Gasteiger partial charge in [-0.25, -0.2) is 4.79 Å². The van der Waals surface area contributed by atoms with Crippen molar-refractivity contribution in [2.75, 3.05) is 13.7 Å². The van der Waals surface area contributed by atoms with E-state index >= 15 is 0 Å². The van der Waals surface area contributed by atoms with Crippen LogP contribution in [0.4, 0.5) is 0 Å². The van der Waals surface area contributed by atoms with E-state index in [1.165, 1.54) is 25.3 Å². The van der Waals surface area contributed by atoms with Crippen LogP contribution in [0.5, 0.6) is 5.75 Å². The van der Waals surface area contributed by atoms with Crippen molar-refractivity contribution in [3.05, 3.63) is 23.8 Å². The minimum atomic E-state index is -1.29. The Morgan fingerprint density at radius 2 is 2.18 bits per heavy atom. The molecular weight excluding hydrogens is 227 g/mol. The van der Waals surface area contributed by atoms with Crippen molar-refractivity contribution in [2.45, 2.75) is 6.92 Å². The highest BCUT2D eigenvalue weighted by molar-refractivity contribution is 6.59. The molecule has 6 nitrogen and oxygen atoms in total. The van der Waals surface area contributed by atoms with Crippen LogP contribution in [-0.2, 0) is 9.69 Å². The maximum Gasteiger partial charge on any atom is 0.523 e. The summed E-state index contributed by atoms with van der Waals surface area (Å²) in [6.07, 6.45) is 0. The number of aromatic carboxylic acids is 1. The average molecular weight is 240 g/mol. The Hall–Kier alpha value is -1.57. The van der Waals surface area contributed by atoms with Crippen molar-refractivity contribution in [1.82, 2.24) is 0 Å². The Morgan fingerprint density at radius 3 is 2.71 bits per heavy atom. The maximum absolute atomic E-state index is 10.9. The zero-order valence-corrected chi connectivity index (χ0v) is 9.54. The van der Waals surface area contributed by atoms with Crippen molar-refractivity contribution < 1.29 is 29.4 Å². The van der Waals surface area contributed by atoms with Gasteiger partial charge in [0.15, 0.2) is 0 Å². The van der Waals surface area contributed by atoms with E-state index in [2.05, 4.69) is 9.69 Å². The van der Waals surface area contributed by atoms with Gasteiger partial charge in [0.25, 0.3) is 0 Å². The molecule has 0 aliphatic rings. The molecule has 0 amide bonds. The van der Waals surface area contributed by atoms with Gasteiger partial charge in [0.2, 0.25) is 0 Å². The summed E-state index contributed by atoms with van der Waals surface area (Å²) in [5, 5.41) is 18.4. The van der Waals surface area contributed by atoms with E-state index in [0.29, 0.717) is 12.1 Å². The second-order valence-electron chi connectivity index (χ2n) is 3.11. The Bertz CT molecular complexity index is 394. The molecule has 0 radical (unpaired) electrons. The summed E-state index contributed by atoms with van der Waals surface area (Å²) in [4.78, 5) is 19.7. The molecule has 0 saturated heterocycles. The van der Waals surface area contributed by atoms with Gasteiger partial charge in [0.05, 0.1) is 13.7 Å². The smallest absolute Gasteiger partial charge is 0.493 e. The summed E-state index contributed by atoms with van der Waals surface area (Å²) in [7, 11) is -0.0276. The summed E-state index contributed by atoms with van der Waals surface area (Å²) >= 11 is 0. The van der Waals surface area contributed by atoms with Gasteiger partial charge < -0.3 is 14.9 Å². The first-order valence-corrected chi connectivity index (χ1v) is 4.97. The third-order valence-electron chi connectivity index (χ3n) is 2.01. The van der Waals surface area contributed by atoms with Crippen LogP contribution >= 0.6 is 0 Å². The van der Waals surface area contributed by atoms with Gasteiger partial charge in [0, 0.05) is 0 Å². The normalized spacial score (nSPS) is 10.1. The van der Waals surface area contributed by atoms with Crippen LogP contribution < -0.4 is 10.2 Å². The second-order valence-corrected chi connectivity index (χ2v) is 3.11. The summed E-state index contributed by atoms with van der Waals surface area (Å²) in [6, 6.07) is 4.16. The lowest BCUT2D eigenvalue weighted by Gasteiger charge is -2.10. The molecule has 1 aromatic rings. The number of ether oxygens (including phenoxy) is 1. The zero-order chi connectivity index (χ0) is 12.8. The molecule has 2 N–H and O–H groups in total. The molecule has 0 aromatic heterocycles. The number of hydrogen-bond acceptors (Lipinski definition) is 5. The SMILES string of the molecule is CCOc1cc(B(O)OOC)ccc1C(=O)O. The van der Waals surface area contributed by atoms with Crippen LogP contribution in [0, 0.1) is 0 Å².